The molecule has 10 nitrogen and oxygen atoms in total. The number of non-ortho nitro benzene ring substituents is 1. The predicted octanol–water partition coefficient (Wildman–Crippen LogP) is -1.78. The van der Waals surface area contributed by atoms with Crippen molar-refractivity contribution in [3.8, 4) is 0 Å². The number of amides is 1. The van der Waals surface area contributed by atoms with Crippen LogP contribution in [-0.4, -0.2) is 28.2 Å². The molecule has 0 aliphatic heterocycles. The van der Waals surface area contributed by atoms with Gasteiger partial charge in [-0.25, -0.2) is 0 Å². The molecule has 0 heterocycles. The predicted molar refractivity (Wildman–Crippen MR) is 75.8 cm³/mol. The SMILES string of the molecule is CCOP(=O)([O-])C(=O)CCC(=O)N(O)c1ccc([N+](=O)[O-])cc1.[Na+]. The van der Waals surface area contributed by atoms with E-state index in [-0.39, 0.29) is 52.6 Å². The van der Waals surface area contributed by atoms with E-state index in [1.807, 2.05) is 0 Å². The van der Waals surface area contributed by atoms with Crippen LogP contribution in [0.15, 0.2) is 24.3 Å². The summed E-state index contributed by atoms with van der Waals surface area (Å²) in [6, 6.07) is 4.43. The molecular weight excluding hydrogens is 354 g/mol. The molecule has 1 unspecified atom stereocenters. The first-order valence-electron chi connectivity index (χ1n) is 6.44. The number of anilines is 1. The van der Waals surface area contributed by atoms with E-state index in [2.05, 4.69) is 4.52 Å². The van der Waals surface area contributed by atoms with Crippen LogP contribution in [0.2, 0.25) is 0 Å². The fourth-order valence-electron chi connectivity index (χ4n) is 1.56. The van der Waals surface area contributed by atoms with Crippen molar-refractivity contribution in [1.29, 1.82) is 0 Å². The zero-order valence-electron chi connectivity index (χ0n) is 13.1. The largest absolute Gasteiger partial charge is 1.00 e. The van der Waals surface area contributed by atoms with Crippen molar-refractivity contribution in [3.63, 3.8) is 0 Å². The fraction of sp³-hybridized carbons (Fsp3) is 0.333. The summed E-state index contributed by atoms with van der Waals surface area (Å²) in [5.74, 6) is -0.941. The fourth-order valence-corrected chi connectivity index (χ4v) is 2.43. The van der Waals surface area contributed by atoms with E-state index in [0.29, 0.717) is 0 Å². The van der Waals surface area contributed by atoms with E-state index in [4.69, 9.17) is 0 Å². The van der Waals surface area contributed by atoms with Crippen LogP contribution >= 0.6 is 7.60 Å². The van der Waals surface area contributed by atoms with Crippen molar-refractivity contribution in [2.75, 3.05) is 11.7 Å². The number of nitro groups is 1. The summed E-state index contributed by atoms with van der Waals surface area (Å²) >= 11 is 0. The zero-order valence-corrected chi connectivity index (χ0v) is 16.0. The van der Waals surface area contributed by atoms with Crippen LogP contribution in [-0.2, 0) is 18.7 Å². The number of hydrogen-bond donors (Lipinski definition) is 1. The van der Waals surface area contributed by atoms with E-state index in [1.54, 1.807) is 0 Å². The average Bonchev–Trinajstić information content (AvgIpc) is 2.51. The summed E-state index contributed by atoms with van der Waals surface area (Å²) in [6.45, 7) is 1.20. The van der Waals surface area contributed by atoms with Gasteiger partial charge in [0.05, 0.1) is 17.2 Å². The van der Waals surface area contributed by atoms with Gasteiger partial charge in [-0.05, 0) is 19.1 Å². The van der Waals surface area contributed by atoms with Gasteiger partial charge in [0.25, 0.3) is 11.6 Å². The van der Waals surface area contributed by atoms with Gasteiger partial charge >= 0.3 is 29.6 Å². The topological polar surface area (TPSA) is 150 Å². The monoisotopic (exact) mass is 368 g/mol. The van der Waals surface area contributed by atoms with Crippen molar-refractivity contribution >= 4 is 30.4 Å². The summed E-state index contributed by atoms with van der Waals surface area (Å²) in [4.78, 5) is 44.3. The Kier molecular flexibility index (Phi) is 9.53. The van der Waals surface area contributed by atoms with Crippen LogP contribution in [0.3, 0.4) is 0 Å². The van der Waals surface area contributed by atoms with Gasteiger partial charge in [-0.15, -0.1) is 0 Å². The standard InChI is InChI=1S/C12H15N2O8P.Na/c1-2-22-23(20,21)12(16)8-7-11(15)13(17)9-3-5-10(6-4-9)14(18)19;/h3-6,17H,2,7-8H2,1H3,(H,20,21);/q;+1/p-1. The second-order valence-electron chi connectivity index (χ2n) is 4.29. The van der Waals surface area contributed by atoms with Gasteiger partial charge in [0.1, 0.15) is 0 Å². The molecule has 1 atom stereocenters. The summed E-state index contributed by atoms with van der Waals surface area (Å²) < 4.78 is 15.6. The van der Waals surface area contributed by atoms with Gasteiger partial charge in [0.15, 0.2) is 0 Å². The Morgan fingerprint density at radius 3 is 2.29 bits per heavy atom. The van der Waals surface area contributed by atoms with Crippen LogP contribution < -0.4 is 39.5 Å². The van der Waals surface area contributed by atoms with Crippen LogP contribution in [0.25, 0.3) is 0 Å². The Bertz CT molecular complexity index is 651. The molecule has 1 aromatic carbocycles. The minimum Gasteiger partial charge on any atom is -0.773 e. The molecule has 24 heavy (non-hydrogen) atoms. The normalized spacial score (nSPS) is 12.6. The van der Waals surface area contributed by atoms with Crippen molar-refractivity contribution in [2.45, 2.75) is 19.8 Å². The van der Waals surface area contributed by atoms with Crippen molar-refractivity contribution in [2.24, 2.45) is 0 Å². The minimum atomic E-state index is -4.68. The number of nitro benzene ring substituents is 1. The van der Waals surface area contributed by atoms with Gasteiger partial charge in [-0.3, -0.25) is 24.9 Å². The van der Waals surface area contributed by atoms with E-state index < -0.39 is 36.8 Å². The molecule has 0 fully saturated rings. The molecule has 126 valence electrons. The number of hydroxylamine groups is 1. The van der Waals surface area contributed by atoms with Gasteiger partial charge in [0, 0.05) is 25.0 Å². The van der Waals surface area contributed by atoms with Gasteiger partial charge in [-0.2, -0.15) is 5.06 Å². The minimum absolute atomic E-state index is 0. The third-order valence-electron chi connectivity index (χ3n) is 2.70. The second kappa shape index (κ2) is 10.00. The zero-order chi connectivity index (χ0) is 17.6. The number of benzene rings is 1. The Labute approximate surface area is 159 Å². The van der Waals surface area contributed by atoms with Crippen LogP contribution in [0.4, 0.5) is 11.4 Å². The van der Waals surface area contributed by atoms with Crippen LogP contribution in [0, 0.1) is 10.1 Å². The first-order valence-corrected chi connectivity index (χ1v) is 7.98. The average molecular weight is 368 g/mol. The Morgan fingerprint density at radius 2 is 1.83 bits per heavy atom. The third-order valence-corrected chi connectivity index (χ3v) is 4.13. The van der Waals surface area contributed by atoms with E-state index in [0.717, 1.165) is 24.3 Å². The van der Waals surface area contributed by atoms with Gasteiger partial charge in [0.2, 0.25) is 13.1 Å². The molecule has 1 aromatic rings. The third kappa shape index (κ3) is 6.40. The quantitative estimate of drug-likeness (QED) is 0.186. The Balaban J connectivity index is 0.00000529. The number of carbonyl (C=O) groups excluding carboxylic acids is 2. The first-order chi connectivity index (χ1) is 10.7. The number of carbonyl (C=O) groups is 2. The second-order valence-corrected chi connectivity index (χ2v) is 6.04. The Morgan fingerprint density at radius 1 is 1.29 bits per heavy atom. The molecule has 0 saturated heterocycles. The molecular formula is C12H14N2NaO8P. The molecule has 1 amide bonds. The van der Waals surface area contributed by atoms with E-state index in [9.17, 15) is 34.4 Å². The summed E-state index contributed by atoms with van der Waals surface area (Å²) in [5.41, 5.74) is -1.53. The van der Waals surface area contributed by atoms with Crippen LogP contribution in [0.5, 0.6) is 0 Å². The molecule has 0 saturated carbocycles. The molecule has 0 radical (unpaired) electrons. The van der Waals surface area contributed by atoms with Crippen LogP contribution in [0.1, 0.15) is 19.8 Å². The van der Waals surface area contributed by atoms with E-state index in [1.165, 1.54) is 6.92 Å². The van der Waals surface area contributed by atoms with Gasteiger partial charge in [-0.1, -0.05) is 0 Å². The Hall–Kier alpha value is -1.13. The van der Waals surface area contributed by atoms with E-state index >= 15 is 0 Å². The molecule has 1 N–H and O–H groups in total. The van der Waals surface area contributed by atoms with Crippen molar-refractivity contribution < 1.29 is 63.3 Å². The molecule has 0 aliphatic rings. The smallest absolute Gasteiger partial charge is 0.773 e. The van der Waals surface area contributed by atoms with Crippen molar-refractivity contribution in [1.82, 2.24) is 0 Å². The molecule has 0 aliphatic carbocycles. The first kappa shape index (κ1) is 22.9. The maximum atomic E-state index is 11.7. The summed E-state index contributed by atoms with van der Waals surface area (Å²) in [6.07, 6.45) is -1.21. The number of hydrogen-bond acceptors (Lipinski definition) is 8. The van der Waals surface area contributed by atoms with Gasteiger partial charge < -0.3 is 14.0 Å². The molecule has 0 aromatic heterocycles. The maximum Gasteiger partial charge on any atom is 1.00 e. The molecule has 1 rings (SSSR count). The van der Waals surface area contributed by atoms with Crippen molar-refractivity contribution in [3.05, 3.63) is 34.4 Å². The summed E-state index contributed by atoms with van der Waals surface area (Å²) in [5, 5.41) is 20.3. The molecule has 12 heteroatoms. The number of rotatable bonds is 8. The molecule has 0 spiro atoms. The number of nitrogens with zero attached hydrogens (tertiary/aromatic N) is 2. The maximum absolute atomic E-state index is 11.7. The molecule has 0 bridgehead atoms. The summed E-state index contributed by atoms with van der Waals surface area (Å²) in [7, 11) is -4.68.